The van der Waals surface area contributed by atoms with Gasteiger partial charge in [0, 0.05) is 11.3 Å². The lowest BCUT2D eigenvalue weighted by atomic mass is 10.2. The minimum Gasteiger partial charge on any atom is -0.265 e. The third-order valence-corrected chi connectivity index (χ3v) is 7.62. The number of hydrogen-bond donors (Lipinski definition) is 1. The van der Waals surface area contributed by atoms with Crippen molar-refractivity contribution in [1.82, 2.24) is 14.6 Å². The second kappa shape index (κ2) is 7.08. The molecule has 0 aliphatic carbocycles. The zero-order valence-corrected chi connectivity index (χ0v) is 17.0. The van der Waals surface area contributed by atoms with E-state index in [4.69, 9.17) is 0 Å². The maximum atomic E-state index is 12.3. The summed E-state index contributed by atoms with van der Waals surface area (Å²) >= 11 is 0. The van der Waals surface area contributed by atoms with Crippen LogP contribution in [0.15, 0.2) is 34.3 Å². The summed E-state index contributed by atoms with van der Waals surface area (Å²) in [4.78, 5) is 2.33. The van der Waals surface area contributed by atoms with E-state index < -0.39 is 19.9 Å². The standard InChI is InChI=1S/C17H22N4O4S2/c1-12-4-6-16(7-5-12)27(24,25)20-18-10-17-13(2)19-21(14(17)3)15-8-9-26(22,23)11-15/h4-7,10,15,20H,8-9,11H2,1-3H3/b18-10-/t15-/m1/s1. The average molecular weight is 411 g/mol. The number of aryl methyl sites for hydroxylation is 2. The van der Waals surface area contributed by atoms with Crippen LogP contribution >= 0.6 is 0 Å². The minimum atomic E-state index is -3.75. The SMILES string of the molecule is Cc1ccc(S(=O)(=O)N/N=C\c2c(C)nn([C@@H]3CCS(=O)(=O)C3)c2C)cc1. The monoisotopic (exact) mass is 410 g/mol. The van der Waals surface area contributed by atoms with Gasteiger partial charge in [0.1, 0.15) is 0 Å². The number of nitrogens with one attached hydrogen (secondary N) is 1. The Balaban J connectivity index is 1.79. The van der Waals surface area contributed by atoms with Crippen molar-refractivity contribution >= 4 is 26.1 Å². The van der Waals surface area contributed by atoms with Gasteiger partial charge in [-0.05, 0) is 39.3 Å². The van der Waals surface area contributed by atoms with E-state index in [9.17, 15) is 16.8 Å². The number of hydrogen-bond acceptors (Lipinski definition) is 6. The number of rotatable bonds is 5. The maximum Gasteiger partial charge on any atom is 0.276 e. The lowest BCUT2D eigenvalue weighted by molar-refractivity contribution is 0.486. The molecular formula is C17H22N4O4S2. The molecule has 2 heterocycles. The van der Waals surface area contributed by atoms with Crippen LogP contribution in [-0.4, -0.2) is 44.3 Å². The number of sulfonamides is 1. The Kier molecular flexibility index (Phi) is 5.13. The van der Waals surface area contributed by atoms with Crippen LogP contribution in [0.2, 0.25) is 0 Å². The zero-order valence-electron chi connectivity index (χ0n) is 15.4. The van der Waals surface area contributed by atoms with Gasteiger partial charge in [-0.3, -0.25) is 4.68 Å². The first-order valence-electron chi connectivity index (χ1n) is 8.47. The van der Waals surface area contributed by atoms with Crippen LogP contribution in [0.4, 0.5) is 0 Å². The summed E-state index contributed by atoms with van der Waals surface area (Å²) < 4.78 is 49.7. The highest BCUT2D eigenvalue weighted by Crippen LogP contribution is 2.26. The smallest absolute Gasteiger partial charge is 0.265 e. The molecule has 1 saturated heterocycles. The molecule has 1 atom stereocenters. The van der Waals surface area contributed by atoms with E-state index in [2.05, 4.69) is 15.0 Å². The van der Waals surface area contributed by atoms with Crippen LogP contribution in [0.1, 0.15) is 35.0 Å². The van der Waals surface area contributed by atoms with E-state index in [-0.39, 0.29) is 22.4 Å². The van der Waals surface area contributed by atoms with Gasteiger partial charge in [-0.15, -0.1) is 0 Å². The Hall–Kier alpha value is -2.20. The van der Waals surface area contributed by atoms with Gasteiger partial charge >= 0.3 is 0 Å². The molecule has 2 aromatic rings. The molecular weight excluding hydrogens is 388 g/mol. The van der Waals surface area contributed by atoms with E-state index in [1.807, 2.05) is 13.8 Å². The summed E-state index contributed by atoms with van der Waals surface area (Å²) in [6.07, 6.45) is 1.93. The predicted octanol–water partition coefficient (Wildman–Crippen LogP) is 1.48. The molecule has 1 aromatic heterocycles. The Bertz CT molecular complexity index is 1080. The first-order chi connectivity index (χ1) is 12.6. The summed E-state index contributed by atoms with van der Waals surface area (Å²) in [5.41, 5.74) is 3.05. The molecule has 27 heavy (non-hydrogen) atoms. The van der Waals surface area contributed by atoms with Crippen LogP contribution < -0.4 is 4.83 Å². The second-order valence-electron chi connectivity index (χ2n) is 6.75. The molecule has 3 rings (SSSR count). The van der Waals surface area contributed by atoms with Crippen molar-refractivity contribution in [3.63, 3.8) is 0 Å². The Morgan fingerprint density at radius 2 is 1.89 bits per heavy atom. The van der Waals surface area contributed by atoms with E-state index in [1.165, 1.54) is 18.3 Å². The van der Waals surface area contributed by atoms with Crippen LogP contribution in [0, 0.1) is 20.8 Å². The molecule has 10 heteroatoms. The molecule has 0 radical (unpaired) electrons. The van der Waals surface area contributed by atoms with Crippen molar-refractivity contribution in [3.8, 4) is 0 Å². The molecule has 1 aromatic carbocycles. The number of nitrogens with zero attached hydrogens (tertiary/aromatic N) is 3. The molecule has 146 valence electrons. The van der Waals surface area contributed by atoms with Gasteiger partial charge < -0.3 is 0 Å². The largest absolute Gasteiger partial charge is 0.276 e. The lowest BCUT2D eigenvalue weighted by Crippen LogP contribution is -2.18. The topological polar surface area (TPSA) is 110 Å². The highest BCUT2D eigenvalue weighted by molar-refractivity contribution is 7.91. The summed E-state index contributed by atoms with van der Waals surface area (Å²) in [5, 5.41) is 8.29. The van der Waals surface area contributed by atoms with Crippen molar-refractivity contribution < 1.29 is 16.8 Å². The summed E-state index contributed by atoms with van der Waals surface area (Å²) in [6.45, 7) is 5.48. The Labute approximate surface area is 159 Å². The second-order valence-corrected chi connectivity index (χ2v) is 10.6. The van der Waals surface area contributed by atoms with E-state index in [0.717, 1.165) is 11.3 Å². The van der Waals surface area contributed by atoms with Crippen molar-refractivity contribution in [3.05, 3.63) is 46.8 Å². The molecule has 0 amide bonds. The van der Waals surface area contributed by atoms with Gasteiger partial charge in [0.2, 0.25) is 0 Å². The normalized spacial score (nSPS) is 19.6. The molecule has 8 nitrogen and oxygen atoms in total. The van der Waals surface area contributed by atoms with Crippen LogP contribution in [0.25, 0.3) is 0 Å². The van der Waals surface area contributed by atoms with Gasteiger partial charge in [0.25, 0.3) is 10.0 Å². The van der Waals surface area contributed by atoms with Gasteiger partial charge in [-0.1, -0.05) is 17.7 Å². The number of benzene rings is 1. The Morgan fingerprint density at radius 1 is 1.22 bits per heavy atom. The number of hydrazone groups is 1. The number of sulfone groups is 1. The maximum absolute atomic E-state index is 12.3. The molecule has 0 spiro atoms. The Morgan fingerprint density at radius 3 is 2.48 bits per heavy atom. The van der Waals surface area contributed by atoms with Crippen LogP contribution in [-0.2, 0) is 19.9 Å². The van der Waals surface area contributed by atoms with Gasteiger partial charge in [0.15, 0.2) is 9.84 Å². The highest BCUT2D eigenvalue weighted by Gasteiger charge is 2.31. The first kappa shape index (κ1) is 19.6. The molecule has 0 saturated carbocycles. The van der Waals surface area contributed by atoms with Gasteiger partial charge in [-0.25, -0.2) is 13.2 Å². The van der Waals surface area contributed by atoms with Gasteiger partial charge in [0.05, 0.1) is 34.4 Å². The predicted molar refractivity (Wildman–Crippen MR) is 103 cm³/mol. The summed E-state index contributed by atoms with van der Waals surface area (Å²) in [6, 6.07) is 6.27. The van der Waals surface area contributed by atoms with E-state index in [1.54, 1.807) is 23.7 Å². The first-order valence-corrected chi connectivity index (χ1v) is 11.8. The summed E-state index contributed by atoms with van der Waals surface area (Å²) in [7, 11) is -6.77. The molecule has 1 fully saturated rings. The number of aromatic nitrogens is 2. The highest BCUT2D eigenvalue weighted by atomic mass is 32.2. The van der Waals surface area contributed by atoms with E-state index in [0.29, 0.717) is 17.7 Å². The molecule has 0 bridgehead atoms. The third-order valence-electron chi connectivity index (χ3n) is 4.63. The van der Waals surface area contributed by atoms with Crippen molar-refractivity contribution in [2.45, 2.75) is 38.1 Å². The lowest BCUT2D eigenvalue weighted by Gasteiger charge is -2.10. The van der Waals surface area contributed by atoms with Crippen LogP contribution in [0.5, 0.6) is 0 Å². The fourth-order valence-electron chi connectivity index (χ4n) is 3.12. The average Bonchev–Trinajstić information content (AvgIpc) is 3.08. The van der Waals surface area contributed by atoms with E-state index >= 15 is 0 Å². The zero-order chi connectivity index (χ0) is 19.8. The quantitative estimate of drug-likeness (QED) is 0.593. The van der Waals surface area contributed by atoms with Crippen molar-refractivity contribution in [2.24, 2.45) is 5.10 Å². The summed E-state index contributed by atoms with van der Waals surface area (Å²) in [5.74, 6) is 0.237. The molecule has 1 N–H and O–H groups in total. The molecule has 0 unspecified atom stereocenters. The van der Waals surface area contributed by atoms with Gasteiger partial charge in [-0.2, -0.15) is 18.6 Å². The van der Waals surface area contributed by atoms with Crippen molar-refractivity contribution in [2.75, 3.05) is 11.5 Å². The molecule has 1 aliphatic rings. The fraction of sp³-hybridized carbons (Fsp3) is 0.412. The van der Waals surface area contributed by atoms with Crippen molar-refractivity contribution in [1.29, 1.82) is 0 Å². The van der Waals surface area contributed by atoms with Crippen LogP contribution in [0.3, 0.4) is 0 Å². The third kappa shape index (κ3) is 4.22. The minimum absolute atomic E-state index is 0.0750. The fourth-order valence-corrected chi connectivity index (χ4v) is 5.60. The molecule has 1 aliphatic heterocycles.